The second kappa shape index (κ2) is 6.42. The molecule has 19 heavy (non-hydrogen) atoms. The van der Waals surface area contributed by atoms with Crippen LogP contribution in [0.5, 0.6) is 0 Å². The Balaban J connectivity index is 2.08. The number of benzene rings is 2. The number of nitrogens with one attached hydrogen (secondary N) is 1. The Bertz CT molecular complexity index is 537. The normalized spacial score (nSPS) is 14.1. The van der Waals surface area contributed by atoms with Crippen LogP contribution in [0, 0.1) is 0 Å². The predicted octanol–water partition coefficient (Wildman–Crippen LogP) is 5.41. The summed E-state index contributed by atoms with van der Waals surface area (Å²) in [5.41, 5.74) is 2.33. The van der Waals surface area contributed by atoms with Crippen molar-refractivity contribution in [2.45, 2.75) is 25.9 Å². The fourth-order valence-electron chi connectivity index (χ4n) is 2.14. The third-order valence-corrected chi connectivity index (χ3v) is 3.84. The molecule has 0 radical (unpaired) electrons. The van der Waals surface area contributed by atoms with E-state index < -0.39 is 0 Å². The van der Waals surface area contributed by atoms with E-state index in [0.717, 1.165) is 15.6 Å². The highest BCUT2D eigenvalue weighted by atomic mass is 35.5. The smallest absolute Gasteiger partial charge is 0.0453 e. The van der Waals surface area contributed by atoms with Gasteiger partial charge >= 0.3 is 0 Å². The molecule has 1 N–H and O–H groups in total. The molecule has 0 aliphatic carbocycles. The molecule has 2 rings (SSSR count). The number of hydrogen-bond donors (Lipinski definition) is 1. The van der Waals surface area contributed by atoms with Crippen LogP contribution in [0.25, 0.3) is 0 Å². The summed E-state index contributed by atoms with van der Waals surface area (Å²) in [7, 11) is 0. The average molecular weight is 294 g/mol. The Morgan fingerprint density at radius 3 is 2.11 bits per heavy atom. The number of halogens is 2. The Morgan fingerprint density at radius 2 is 1.47 bits per heavy atom. The van der Waals surface area contributed by atoms with Gasteiger partial charge in [-0.05, 0) is 43.2 Å². The molecular formula is C16H17Cl2N. The Hall–Kier alpha value is -1.02. The van der Waals surface area contributed by atoms with Crippen molar-refractivity contribution in [1.29, 1.82) is 0 Å². The largest absolute Gasteiger partial charge is 0.304 e. The zero-order chi connectivity index (χ0) is 13.8. The van der Waals surface area contributed by atoms with E-state index in [1.54, 1.807) is 0 Å². The lowest BCUT2D eigenvalue weighted by molar-refractivity contribution is 0.495. The number of hydrogen-bond acceptors (Lipinski definition) is 1. The van der Waals surface area contributed by atoms with E-state index in [1.807, 2.05) is 42.5 Å². The van der Waals surface area contributed by atoms with Crippen LogP contribution in [0.1, 0.15) is 37.1 Å². The minimum absolute atomic E-state index is 0.194. The molecule has 0 saturated carbocycles. The van der Waals surface area contributed by atoms with Gasteiger partial charge in [0.05, 0.1) is 0 Å². The SMILES string of the molecule is CC(N[C@@H](C)c1ccccc1Cl)c1ccc(Cl)cc1. The van der Waals surface area contributed by atoms with Crippen LogP contribution in [0.4, 0.5) is 0 Å². The molecule has 0 fully saturated rings. The van der Waals surface area contributed by atoms with Crippen LogP contribution in [0.2, 0.25) is 10.0 Å². The lowest BCUT2D eigenvalue weighted by atomic mass is 10.0. The summed E-state index contributed by atoms with van der Waals surface area (Å²) >= 11 is 12.1. The molecule has 0 aliphatic heterocycles. The fraction of sp³-hybridized carbons (Fsp3) is 0.250. The Morgan fingerprint density at radius 1 is 0.842 bits per heavy atom. The van der Waals surface area contributed by atoms with Gasteiger partial charge in [0.2, 0.25) is 0 Å². The van der Waals surface area contributed by atoms with E-state index in [-0.39, 0.29) is 12.1 Å². The van der Waals surface area contributed by atoms with Crippen molar-refractivity contribution in [2.24, 2.45) is 0 Å². The van der Waals surface area contributed by atoms with Crippen LogP contribution < -0.4 is 5.32 Å². The molecule has 0 aliphatic rings. The molecule has 0 saturated heterocycles. The molecule has 3 heteroatoms. The van der Waals surface area contributed by atoms with Gasteiger partial charge < -0.3 is 5.32 Å². The highest BCUT2D eigenvalue weighted by Gasteiger charge is 2.13. The lowest BCUT2D eigenvalue weighted by Gasteiger charge is -2.21. The van der Waals surface area contributed by atoms with Gasteiger partial charge in [-0.1, -0.05) is 53.5 Å². The summed E-state index contributed by atoms with van der Waals surface area (Å²) in [6, 6.07) is 16.3. The van der Waals surface area contributed by atoms with E-state index in [0.29, 0.717) is 0 Å². The van der Waals surface area contributed by atoms with E-state index in [4.69, 9.17) is 23.2 Å². The van der Waals surface area contributed by atoms with Crippen LogP contribution >= 0.6 is 23.2 Å². The quantitative estimate of drug-likeness (QED) is 0.795. The van der Waals surface area contributed by atoms with Gasteiger partial charge in [0, 0.05) is 22.1 Å². The maximum absolute atomic E-state index is 6.21. The van der Waals surface area contributed by atoms with Crippen molar-refractivity contribution in [1.82, 2.24) is 5.32 Å². The average Bonchev–Trinajstić information content (AvgIpc) is 2.39. The molecule has 0 amide bonds. The molecule has 100 valence electrons. The first kappa shape index (κ1) is 14.4. The topological polar surface area (TPSA) is 12.0 Å². The highest BCUT2D eigenvalue weighted by molar-refractivity contribution is 6.31. The second-order valence-electron chi connectivity index (χ2n) is 4.68. The molecule has 1 unspecified atom stereocenters. The summed E-state index contributed by atoms with van der Waals surface area (Å²) in [6.45, 7) is 4.25. The standard InChI is InChI=1S/C16H17Cl2N/c1-11(13-7-9-14(17)10-8-13)19-12(2)15-5-3-4-6-16(15)18/h3-12,19H,1-2H3/t11?,12-/m0/s1. The van der Waals surface area contributed by atoms with Gasteiger partial charge in [-0.15, -0.1) is 0 Å². The summed E-state index contributed by atoms with van der Waals surface area (Å²) < 4.78 is 0. The zero-order valence-electron chi connectivity index (χ0n) is 11.0. The molecular weight excluding hydrogens is 277 g/mol. The van der Waals surface area contributed by atoms with Gasteiger partial charge in [0.15, 0.2) is 0 Å². The van der Waals surface area contributed by atoms with E-state index in [9.17, 15) is 0 Å². The van der Waals surface area contributed by atoms with E-state index in [2.05, 4.69) is 25.2 Å². The van der Waals surface area contributed by atoms with Gasteiger partial charge in [-0.2, -0.15) is 0 Å². The van der Waals surface area contributed by atoms with Crippen molar-refractivity contribution < 1.29 is 0 Å². The van der Waals surface area contributed by atoms with Crippen molar-refractivity contribution in [3.05, 3.63) is 69.7 Å². The van der Waals surface area contributed by atoms with E-state index in [1.165, 1.54) is 5.56 Å². The Kier molecular flexibility index (Phi) is 4.87. The van der Waals surface area contributed by atoms with Gasteiger partial charge in [0.1, 0.15) is 0 Å². The molecule has 0 spiro atoms. The molecule has 1 nitrogen and oxygen atoms in total. The molecule has 2 aromatic rings. The summed E-state index contributed by atoms with van der Waals surface area (Å²) in [5.74, 6) is 0. The van der Waals surface area contributed by atoms with Crippen molar-refractivity contribution in [3.8, 4) is 0 Å². The van der Waals surface area contributed by atoms with E-state index >= 15 is 0 Å². The van der Waals surface area contributed by atoms with Crippen molar-refractivity contribution in [3.63, 3.8) is 0 Å². The maximum atomic E-state index is 6.21. The molecule has 2 aromatic carbocycles. The minimum Gasteiger partial charge on any atom is -0.304 e. The van der Waals surface area contributed by atoms with Crippen LogP contribution in [0.15, 0.2) is 48.5 Å². The van der Waals surface area contributed by atoms with Crippen LogP contribution in [-0.2, 0) is 0 Å². The predicted molar refractivity (Wildman–Crippen MR) is 82.9 cm³/mol. The van der Waals surface area contributed by atoms with Crippen molar-refractivity contribution in [2.75, 3.05) is 0 Å². The summed E-state index contributed by atoms with van der Waals surface area (Å²) in [4.78, 5) is 0. The summed E-state index contributed by atoms with van der Waals surface area (Å²) in [6.07, 6.45) is 0. The van der Waals surface area contributed by atoms with Gasteiger partial charge in [-0.25, -0.2) is 0 Å². The second-order valence-corrected chi connectivity index (χ2v) is 5.53. The Labute approximate surface area is 124 Å². The molecule has 2 atom stereocenters. The fourth-order valence-corrected chi connectivity index (χ4v) is 2.56. The molecule has 0 aromatic heterocycles. The molecule has 0 heterocycles. The lowest BCUT2D eigenvalue weighted by Crippen LogP contribution is -2.22. The highest BCUT2D eigenvalue weighted by Crippen LogP contribution is 2.25. The first-order valence-electron chi connectivity index (χ1n) is 6.34. The van der Waals surface area contributed by atoms with Crippen molar-refractivity contribution >= 4 is 23.2 Å². The third kappa shape index (κ3) is 3.73. The minimum atomic E-state index is 0.194. The zero-order valence-corrected chi connectivity index (χ0v) is 12.5. The maximum Gasteiger partial charge on any atom is 0.0453 e. The van der Waals surface area contributed by atoms with Crippen LogP contribution in [-0.4, -0.2) is 0 Å². The van der Waals surface area contributed by atoms with Gasteiger partial charge in [-0.3, -0.25) is 0 Å². The first-order chi connectivity index (χ1) is 9.08. The van der Waals surface area contributed by atoms with Crippen LogP contribution in [0.3, 0.4) is 0 Å². The summed E-state index contributed by atoms with van der Waals surface area (Å²) in [5, 5.41) is 5.10. The first-order valence-corrected chi connectivity index (χ1v) is 7.09. The third-order valence-electron chi connectivity index (χ3n) is 3.24. The van der Waals surface area contributed by atoms with Gasteiger partial charge in [0.25, 0.3) is 0 Å². The number of rotatable bonds is 4. The monoisotopic (exact) mass is 293 g/mol. The molecule has 0 bridgehead atoms.